The van der Waals surface area contributed by atoms with E-state index in [0.717, 1.165) is 12.8 Å². The highest BCUT2D eigenvalue weighted by atomic mass is 16.1. The number of rotatable bonds is 1. The van der Waals surface area contributed by atoms with Crippen LogP contribution in [0.3, 0.4) is 0 Å². The lowest BCUT2D eigenvalue weighted by molar-refractivity contribution is -0.121. The van der Waals surface area contributed by atoms with E-state index >= 15 is 0 Å². The summed E-state index contributed by atoms with van der Waals surface area (Å²) in [7, 11) is 0. The van der Waals surface area contributed by atoms with Crippen LogP contribution < -0.4 is 0 Å². The van der Waals surface area contributed by atoms with Gasteiger partial charge in [0, 0.05) is 11.8 Å². The predicted molar refractivity (Wildman–Crippen MR) is 52.6 cm³/mol. The van der Waals surface area contributed by atoms with Crippen molar-refractivity contribution in [3.63, 3.8) is 0 Å². The Bertz CT molecular complexity index is 302. The average Bonchev–Trinajstić information content (AvgIpc) is 2.49. The molecule has 2 rings (SSSR count). The van der Waals surface area contributed by atoms with Crippen molar-refractivity contribution in [2.45, 2.75) is 25.7 Å². The molecule has 1 aliphatic rings. The normalized spacial score (nSPS) is 27.9. The standard InChI is InChI=1S/C12H14O/c1-9-7-8-11(12(9)13)10-5-3-2-4-6-10/h2-6,9,11H,7-8H2,1H3/t9-,11-/m0/s1. The van der Waals surface area contributed by atoms with E-state index in [1.54, 1.807) is 0 Å². The summed E-state index contributed by atoms with van der Waals surface area (Å²) >= 11 is 0. The second kappa shape index (κ2) is 3.33. The number of carbonyl (C=O) groups is 1. The predicted octanol–water partition coefficient (Wildman–Crippen LogP) is 2.77. The lowest BCUT2D eigenvalue weighted by Gasteiger charge is -2.07. The smallest absolute Gasteiger partial charge is 0.143 e. The van der Waals surface area contributed by atoms with Gasteiger partial charge in [-0.3, -0.25) is 4.79 Å². The van der Waals surface area contributed by atoms with Crippen molar-refractivity contribution in [1.82, 2.24) is 0 Å². The molecule has 68 valence electrons. The van der Waals surface area contributed by atoms with E-state index in [9.17, 15) is 4.79 Å². The summed E-state index contributed by atoms with van der Waals surface area (Å²) in [5.74, 6) is 0.868. The Hall–Kier alpha value is -1.11. The molecule has 1 nitrogen and oxygen atoms in total. The zero-order valence-corrected chi connectivity index (χ0v) is 7.86. The molecule has 1 aromatic carbocycles. The molecular formula is C12H14O. The molecule has 0 amide bonds. The summed E-state index contributed by atoms with van der Waals surface area (Å²) in [5.41, 5.74) is 1.19. The molecule has 0 bridgehead atoms. The maximum atomic E-state index is 11.7. The van der Waals surface area contributed by atoms with Crippen LogP contribution in [0.1, 0.15) is 31.2 Å². The third-order valence-corrected chi connectivity index (χ3v) is 2.92. The molecule has 0 saturated heterocycles. The summed E-state index contributed by atoms with van der Waals surface area (Å²) in [6, 6.07) is 10.1. The van der Waals surface area contributed by atoms with Gasteiger partial charge in [-0.1, -0.05) is 37.3 Å². The van der Waals surface area contributed by atoms with Gasteiger partial charge in [0.15, 0.2) is 0 Å². The highest BCUT2D eigenvalue weighted by Gasteiger charge is 2.31. The first-order chi connectivity index (χ1) is 6.29. The van der Waals surface area contributed by atoms with Crippen molar-refractivity contribution in [2.24, 2.45) is 5.92 Å². The summed E-state index contributed by atoms with van der Waals surface area (Å²) < 4.78 is 0. The van der Waals surface area contributed by atoms with Crippen LogP contribution in [-0.4, -0.2) is 5.78 Å². The first kappa shape index (κ1) is 8.49. The Balaban J connectivity index is 2.24. The summed E-state index contributed by atoms with van der Waals surface area (Å²) in [4.78, 5) is 11.7. The fourth-order valence-corrected chi connectivity index (χ4v) is 2.06. The van der Waals surface area contributed by atoms with E-state index in [2.05, 4.69) is 12.1 Å². The maximum absolute atomic E-state index is 11.7. The van der Waals surface area contributed by atoms with Crippen molar-refractivity contribution >= 4 is 5.78 Å². The van der Waals surface area contributed by atoms with Gasteiger partial charge in [0.25, 0.3) is 0 Å². The van der Waals surface area contributed by atoms with Crippen LogP contribution >= 0.6 is 0 Å². The minimum atomic E-state index is 0.177. The number of benzene rings is 1. The number of Topliss-reactive ketones (excluding diaryl/α,β-unsaturated/α-hetero) is 1. The zero-order chi connectivity index (χ0) is 9.26. The van der Waals surface area contributed by atoms with Crippen molar-refractivity contribution in [3.8, 4) is 0 Å². The number of carbonyl (C=O) groups excluding carboxylic acids is 1. The SMILES string of the molecule is C[C@H]1CC[C@@H](c2ccccc2)C1=O. The van der Waals surface area contributed by atoms with Gasteiger partial charge >= 0.3 is 0 Å². The molecule has 0 radical (unpaired) electrons. The number of ketones is 1. The molecule has 0 aliphatic heterocycles. The molecule has 13 heavy (non-hydrogen) atoms. The van der Waals surface area contributed by atoms with Gasteiger partial charge in [-0.25, -0.2) is 0 Å². The Kier molecular flexibility index (Phi) is 2.17. The zero-order valence-electron chi connectivity index (χ0n) is 7.86. The molecule has 0 spiro atoms. The van der Waals surface area contributed by atoms with Crippen molar-refractivity contribution < 1.29 is 4.79 Å². The van der Waals surface area contributed by atoms with Gasteiger partial charge < -0.3 is 0 Å². The first-order valence-electron chi connectivity index (χ1n) is 4.87. The van der Waals surface area contributed by atoms with E-state index in [1.807, 2.05) is 25.1 Å². The summed E-state index contributed by atoms with van der Waals surface area (Å²) in [5, 5.41) is 0. The van der Waals surface area contributed by atoms with Crippen LogP contribution in [0, 0.1) is 5.92 Å². The van der Waals surface area contributed by atoms with Crippen LogP contribution in [-0.2, 0) is 4.79 Å². The third kappa shape index (κ3) is 1.51. The molecule has 1 aliphatic carbocycles. The topological polar surface area (TPSA) is 17.1 Å². The molecule has 0 heterocycles. The van der Waals surface area contributed by atoms with Gasteiger partial charge in [0.2, 0.25) is 0 Å². The van der Waals surface area contributed by atoms with Gasteiger partial charge in [-0.2, -0.15) is 0 Å². The van der Waals surface area contributed by atoms with Gasteiger partial charge in [0.05, 0.1) is 0 Å². The molecule has 1 saturated carbocycles. The van der Waals surface area contributed by atoms with E-state index in [4.69, 9.17) is 0 Å². The Morgan fingerprint density at radius 2 is 1.85 bits per heavy atom. The second-order valence-corrected chi connectivity index (χ2v) is 3.84. The Labute approximate surface area is 78.8 Å². The van der Waals surface area contributed by atoms with Gasteiger partial charge in [-0.05, 0) is 18.4 Å². The largest absolute Gasteiger partial charge is 0.299 e. The molecule has 0 unspecified atom stereocenters. The van der Waals surface area contributed by atoms with Crippen LogP contribution in [0.5, 0.6) is 0 Å². The summed E-state index contributed by atoms with van der Waals surface area (Å²) in [6.45, 7) is 2.03. The minimum absolute atomic E-state index is 0.177. The Morgan fingerprint density at radius 1 is 1.15 bits per heavy atom. The third-order valence-electron chi connectivity index (χ3n) is 2.92. The molecule has 0 aromatic heterocycles. The van der Waals surface area contributed by atoms with Crippen LogP contribution in [0.25, 0.3) is 0 Å². The van der Waals surface area contributed by atoms with Crippen LogP contribution in [0.2, 0.25) is 0 Å². The highest BCUT2D eigenvalue weighted by molar-refractivity contribution is 5.89. The molecule has 2 atom stereocenters. The molecule has 1 fully saturated rings. The Morgan fingerprint density at radius 3 is 2.38 bits per heavy atom. The monoisotopic (exact) mass is 174 g/mol. The lowest BCUT2D eigenvalue weighted by atomic mass is 9.96. The van der Waals surface area contributed by atoms with E-state index < -0.39 is 0 Å². The average molecular weight is 174 g/mol. The van der Waals surface area contributed by atoms with E-state index in [-0.39, 0.29) is 11.8 Å². The highest BCUT2D eigenvalue weighted by Crippen LogP contribution is 2.34. The molecular weight excluding hydrogens is 160 g/mol. The van der Waals surface area contributed by atoms with Crippen LogP contribution in [0.4, 0.5) is 0 Å². The molecule has 1 heteroatoms. The van der Waals surface area contributed by atoms with Crippen molar-refractivity contribution in [1.29, 1.82) is 0 Å². The van der Waals surface area contributed by atoms with Crippen molar-refractivity contribution in [2.75, 3.05) is 0 Å². The number of hydrogen-bond acceptors (Lipinski definition) is 1. The number of hydrogen-bond donors (Lipinski definition) is 0. The maximum Gasteiger partial charge on any atom is 0.143 e. The first-order valence-corrected chi connectivity index (χ1v) is 4.87. The van der Waals surface area contributed by atoms with Gasteiger partial charge in [0.1, 0.15) is 5.78 Å². The van der Waals surface area contributed by atoms with Crippen LogP contribution in [0.15, 0.2) is 30.3 Å². The lowest BCUT2D eigenvalue weighted by Crippen LogP contribution is -2.09. The van der Waals surface area contributed by atoms with E-state index in [1.165, 1.54) is 5.56 Å². The van der Waals surface area contributed by atoms with Crippen molar-refractivity contribution in [3.05, 3.63) is 35.9 Å². The van der Waals surface area contributed by atoms with E-state index in [0.29, 0.717) is 5.78 Å². The quantitative estimate of drug-likeness (QED) is 0.639. The fourth-order valence-electron chi connectivity index (χ4n) is 2.06. The fraction of sp³-hybridized carbons (Fsp3) is 0.417. The van der Waals surface area contributed by atoms with Gasteiger partial charge in [-0.15, -0.1) is 0 Å². The molecule has 1 aromatic rings. The molecule has 0 N–H and O–H groups in total. The summed E-state index contributed by atoms with van der Waals surface area (Å²) in [6.07, 6.45) is 2.09. The second-order valence-electron chi connectivity index (χ2n) is 3.84. The minimum Gasteiger partial charge on any atom is -0.299 e.